The molecule has 0 unspecified atom stereocenters. The van der Waals surface area contributed by atoms with Crippen LogP contribution in [0.25, 0.3) is 0 Å². The normalized spacial score (nSPS) is 35.7. The molecule has 4 aliphatic rings. The summed E-state index contributed by atoms with van der Waals surface area (Å²) < 4.78 is 69.6. The fraction of sp³-hybridized carbons (Fsp3) is 0.481. The number of nitrogens with one attached hydrogen (secondary N) is 1. The van der Waals surface area contributed by atoms with Crippen molar-refractivity contribution < 1.29 is 46.5 Å². The first-order chi connectivity index (χ1) is 18.5. The van der Waals surface area contributed by atoms with E-state index in [1.807, 2.05) is 0 Å². The van der Waals surface area contributed by atoms with Crippen LogP contribution in [0.3, 0.4) is 0 Å². The third kappa shape index (κ3) is 4.35. The molecule has 4 fully saturated rings. The van der Waals surface area contributed by atoms with Crippen molar-refractivity contribution in [2.45, 2.75) is 75.2 Å². The van der Waals surface area contributed by atoms with Gasteiger partial charge in [-0.05, 0) is 25.0 Å². The number of ether oxygens (including phenoxy) is 4. The minimum atomic E-state index is -5.04. The van der Waals surface area contributed by atoms with Gasteiger partial charge in [0.25, 0.3) is 5.91 Å². The molecule has 4 aliphatic heterocycles. The maximum Gasteiger partial charge on any atom is 0.422 e. The number of carbonyl (C=O) groups is 2. The van der Waals surface area contributed by atoms with E-state index in [2.05, 4.69) is 5.32 Å². The number of carbonyl (C=O) groups excluding carboxylic acids is 2. The fourth-order valence-electron chi connectivity index (χ4n) is 5.87. The number of alkyl halides is 3. The molecule has 2 aromatic carbocycles. The van der Waals surface area contributed by atoms with Crippen LogP contribution < -0.4 is 5.32 Å². The molecule has 4 heterocycles. The van der Waals surface area contributed by atoms with E-state index in [1.54, 1.807) is 60.7 Å². The third-order valence-corrected chi connectivity index (χ3v) is 7.52. The Bertz CT molecular complexity index is 1240. The van der Waals surface area contributed by atoms with Crippen molar-refractivity contribution in [2.75, 3.05) is 0 Å². The minimum Gasteiger partial charge on any atom is -0.356 e. The molecule has 7 atom stereocenters. The van der Waals surface area contributed by atoms with E-state index in [9.17, 15) is 9.59 Å². The van der Waals surface area contributed by atoms with Crippen LogP contribution in [0.2, 0.25) is 0 Å². The number of halogens is 3. The molecule has 39 heavy (non-hydrogen) atoms. The lowest BCUT2D eigenvalue weighted by atomic mass is 9.81. The lowest BCUT2D eigenvalue weighted by molar-refractivity contribution is -0.342. The molecule has 0 bridgehead atoms. The molecule has 2 amide bonds. The topological polar surface area (TPSA) is 95.6 Å². The Morgan fingerprint density at radius 1 is 0.923 bits per heavy atom. The van der Waals surface area contributed by atoms with Crippen LogP contribution in [0, 0.1) is 5.92 Å². The first-order valence-electron chi connectivity index (χ1n) is 12.6. The molecule has 12 heteroatoms. The lowest BCUT2D eigenvalue weighted by Gasteiger charge is -2.43. The summed E-state index contributed by atoms with van der Waals surface area (Å²) in [5.41, 5.74) is -1.87. The van der Waals surface area contributed by atoms with Gasteiger partial charge in [0.15, 0.2) is 24.3 Å². The second-order valence-corrected chi connectivity index (χ2v) is 10.5. The van der Waals surface area contributed by atoms with Crippen molar-refractivity contribution >= 4 is 11.8 Å². The molecule has 4 saturated heterocycles. The van der Waals surface area contributed by atoms with Gasteiger partial charge in [0, 0.05) is 6.54 Å². The molecule has 0 spiro atoms. The minimum absolute atomic E-state index is 0.00586. The number of hydrogen-bond donors (Lipinski definition) is 1. The van der Waals surface area contributed by atoms with Gasteiger partial charge in [-0.2, -0.15) is 18.2 Å². The van der Waals surface area contributed by atoms with Crippen molar-refractivity contribution in [1.82, 2.24) is 10.4 Å². The fourth-order valence-corrected chi connectivity index (χ4v) is 5.87. The van der Waals surface area contributed by atoms with Gasteiger partial charge in [-0.15, -0.1) is 0 Å². The third-order valence-electron chi connectivity index (χ3n) is 7.52. The number of imide groups is 1. The van der Waals surface area contributed by atoms with Crippen molar-refractivity contribution in [3.63, 3.8) is 0 Å². The summed E-state index contributed by atoms with van der Waals surface area (Å²) in [5, 5.41) is 3.40. The summed E-state index contributed by atoms with van der Waals surface area (Å²) >= 11 is 0. The van der Waals surface area contributed by atoms with E-state index in [4.69, 9.17) is 23.8 Å². The second kappa shape index (κ2) is 9.36. The van der Waals surface area contributed by atoms with E-state index in [0.717, 1.165) is 0 Å². The molecule has 9 nitrogen and oxygen atoms in total. The van der Waals surface area contributed by atoms with Crippen molar-refractivity contribution in [2.24, 2.45) is 5.92 Å². The number of rotatable bonds is 6. The van der Waals surface area contributed by atoms with Gasteiger partial charge in [-0.3, -0.25) is 19.7 Å². The molecule has 0 saturated carbocycles. The van der Waals surface area contributed by atoms with E-state index in [-0.39, 0.29) is 6.54 Å². The summed E-state index contributed by atoms with van der Waals surface area (Å²) in [6, 6.07) is 15.9. The molecular formula is C27H27F3N2O7. The highest BCUT2D eigenvalue weighted by Crippen LogP contribution is 2.56. The maximum absolute atomic E-state index is 15.4. The molecule has 0 radical (unpaired) electrons. The van der Waals surface area contributed by atoms with Gasteiger partial charge < -0.3 is 18.9 Å². The van der Waals surface area contributed by atoms with Crippen LogP contribution in [-0.4, -0.2) is 65.1 Å². The van der Waals surface area contributed by atoms with Crippen molar-refractivity contribution in [1.29, 1.82) is 0 Å². The molecule has 1 N–H and O–H groups in total. The van der Waals surface area contributed by atoms with Crippen LogP contribution in [0.15, 0.2) is 60.7 Å². The van der Waals surface area contributed by atoms with E-state index in [0.29, 0.717) is 11.1 Å². The van der Waals surface area contributed by atoms with Gasteiger partial charge in [0.1, 0.15) is 6.10 Å². The Morgan fingerprint density at radius 3 is 2.21 bits per heavy atom. The van der Waals surface area contributed by atoms with Gasteiger partial charge in [0.2, 0.25) is 11.5 Å². The summed E-state index contributed by atoms with van der Waals surface area (Å²) in [4.78, 5) is 31.3. The van der Waals surface area contributed by atoms with Crippen LogP contribution >= 0.6 is 0 Å². The van der Waals surface area contributed by atoms with Gasteiger partial charge in [-0.25, -0.2) is 0 Å². The monoisotopic (exact) mass is 548 g/mol. The molecular weight excluding hydrogens is 521 g/mol. The Hall–Kier alpha value is -2.87. The summed E-state index contributed by atoms with van der Waals surface area (Å²) in [6.07, 6.45) is -11.3. The van der Waals surface area contributed by atoms with Crippen LogP contribution in [0.5, 0.6) is 0 Å². The zero-order chi connectivity index (χ0) is 27.6. The zero-order valence-corrected chi connectivity index (χ0v) is 21.1. The number of fused-ring (bicyclic) bond motifs is 2. The Balaban J connectivity index is 1.45. The summed E-state index contributed by atoms with van der Waals surface area (Å²) in [6.45, 7) is 2.55. The van der Waals surface area contributed by atoms with E-state index in [1.165, 1.54) is 18.9 Å². The van der Waals surface area contributed by atoms with Gasteiger partial charge in [0.05, 0.1) is 18.6 Å². The summed E-state index contributed by atoms with van der Waals surface area (Å²) in [7, 11) is 0. The predicted molar refractivity (Wildman–Crippen MR) is 126 cm³/mol. The molecule has 6 rings (SSSR count). The van der Waals surface area contributed by atoms with E-state index < -0.39 is 72.5 Å². The quantitative estimate of drug-likeness (QED) is 0.551. The molecule has 2 aromatic rings. The highest BCUT2D eigenvalue weighted by atomic mass is 19.4. The van der Waals surface area contributed by atoms with Crippen molar-refractivity contribution in [3.8, 4) is 0 Å². The zero-order valence-electron chi connectivity index (χ0n) is 21.1. The average molecular weight is 549 g/mol. The highest BCUT2D eigenvalue weighted by molar-refractivity contribution is 6.07. The van der Waals surface area contributed by atoms with E-state index >= 15 is 13.2 Å². The number of benzene rings is 2. The standard InChI is InChI=1S/C27H27F3N2O7/c1-25(2)37-21-24(38-25)36-20(26(21,27(28,29)30)35-14-16-11-7-4-8-12-16)18-17-19(23(34)31-22(17)33)39-32(18)13-15-9-5-3-6-10-15/h3-12,17-21,24H,13-14H2,1-2H3,(H,31,33,34)/t17-,18+,19+,20+,21-,24+,26-/m0/s1. The number of hydroxylamine groups is 2. The highest BCUT2D eigenvalue weighted by Gasteiger charge is 2.79. The Morgan fingerprint density at radius 2 is 1.56 bits per heavy atom. The smallest absolute Gasteiger partial charge is 0.356 e. The predicted octanol–water partition coefficient (Wildman–Crippen LogP) is 2.84. The maximum atomic E-state index is 15.4. The van der Waals surface area contributed by atoms with Crippen LogP contribution in [0.4, 0.5) is 13.2 Å². The Kier molecular flexibility index (Phi) is 6.32. The van der Waals surface area contributed by atoms with Crippen LogP contribution in [-0.2, 0) is 46.5 Å². The SMILES string of the molecule is CC1(C)O[C@H]2O[C@H]([C@H]3[C@@H]4C(=O)NC(=O)[C@@H]4ON3Cc3ccccc3)[C@@](OCc3ccccc3)(C(F)(F)F)[C@H]2O1. The first kappa shape index (κ1) is 26.4. The van der Waals surface area contributed by atoms with Crippen molar-refractivity contribution in [3.05, 3.63) is 71.8 Å². The second-order valence-electron chi connectivity index (χ2n) is 10.5. The number of nitrogens with zero attached hydrogens (tertiary/aromatic N) is 1. The lowest BCUT2D eigenvalue weighted by Crippen LogP contribution is -2.66. The molecule has 208 valence electrons. The molecule has 0 aliphatic carbocycles. The molecule has 0 aromatic heterocycles. The average Bonchev–Trinajstić information content (AvgIpc) is 3.56. The first-order valence-corrected chi connectivity index (χ1v) is 12.6. The summed E-state index contributed by atoms with van der Waals surface area (Å²) in [5.74, 6) is -4.13. The largest absolute Gasteiger partial charge is 0.422 e. The van der Waals surface area contributed by atoms with Gasteiger partial charge >= 0.3 is 6.18 Å². The number of hydrogen-bond acceptors (Lipinski definition) is 8. The number of amides is 2. The van der Waals surface area contributed by atoms with Gasteiger partial charge in [-0.1, -0.05) is 60.7 Å². The Labute approximate surface area is 222 Å². The van der Waals surface area contributed by atoms with Crippen LogP contribution in [0.1, 0.15) is 25.0 Å².